The molecule has 128 valence electrons. The van der Waals surface area contributed by atoms with E-state index in [2.05, 4.69) is 15.5 Å². The highest BCUT2D eigenvalue weighted by Crippen LogP contribution is 2.28. The van der Waals surface area contributed by atoms with Crippen LogP contribution in [0.15, 0.2) is 66.7 Å². The van der Waals surface area contributed by atoms with E-state index in [1.807, 2.05) is 42.5 Å². The molecule has 0 aliphatic rings. The molecule has 6 heteroatoms. The van der Waals surface area contributed by atoms with Crippen LogP contribution in [-0.4, -0.2) is 16.1 Å². The molecule has 0 saturated carbocycles. The number of amides is 1. The topological polar surface area (TPSA) is 57.8 Å². The first-order valence-electron chi connectivity index (χ1n) is 7.92. The Bertz CT molecular complexity index is 1120. The number of hydrogen-bond donors (Lipinski definition) is 2. The number of H-pyrrole nitrogens is 1. The lowest BCUT2D eigenvalue weighted by Gasteiger charge is -2.06. The fraction of sp³-hybridized carbons (Fsp3) is 0. The van der Waals surface area contributed by atoms with Crippen molar-refractivity contribution in [3.05, 3.63) is 82.5 Å². The number of nitrogens with one attached hydrogen (secondary N) is 2. The van der Waals surface area contributed by atoms with Gasteiger partial charge in [0.2, 0.25) is 0 Å². The molecule has 0 atom stereocenters. The fourth-order valence-electron chi connectivity index (χ4n) is 2.81. The Morgan fingerprint density at radius 2 is 1.77 bits per heavy atom. The molecular formula is C20H13Cl2N3O. The van der Waals surface area contributed by atoms with Gasteiger partial charge in [0.1, 0.15) is 5.69 Å². The van der Waals surface area contributed by atoms with Crippen LogP contribution in [0.25, 0.3) is 22.0 Å². The molecule has 0 bridgehead atoms. The number of halogens is 2. The van der Waals surface area contributed by atoms with Gasteiger partial charge in [-0.1, -0.05) is 65.7 Å². The maximum Gasteiger partial charge on any atom is 0.273 e. The van der Waals surface area contributed by atoms with Gasteiger partial charge in [0.15, 0.2) is 0 Å². The summed E-state index contributed by atoms with van der Waals surface area (Å²) in [5, 5.41) is 12.9. The lowest BCUT2D eigenvalue weighted by Crippen LogP contribution is -2.12. The molecule has 26 heavy (non-hydrogen) atoms. The molecule has 1 aromatic heterocycles. The van der Waals surface area contributed by atoms with Gasteiger partial charge in [-0.25, -0.2) is 0 Å². The number of aromatic amines is 1. The molecule has 0 radical (unpaired) electrons. The lowest BCUT2D eigenvalue weighted by atomic mass is 10.0. The average molecular weight is 382 g/mol. The number of carbonyl (C=O) groups excluding carboxylic acids is 1. The predicted molar refractivity (Wildman–Crippen MR) is 106 cm³/mol. The molecule has 4 aromatic rings. The molecule has 1 heterocycles. The van der Waals surface area contributed by atoms with E-state index in [9.17, 15) is 4.79 Å². The molecule has 4 nitrogen and oxygen atoms in total. The van der Waals surface area contributed by atoms with Crippen molar-refractivity contribution >= 4 is 45.6 Å². The summed E-state index contributed by atoms with van der Waals surface area (Å²) in [4.78, 5) is 12.5. The molecule has 0 fully saturated rings. The molecule has 0 saturated heterocycles. The number of aromatic nitrogens is 2. The minimum Gasteiger partial charge on any atom is -0.319 e. The maximum absolute atomic E-state index is 12.5. The Balaban J connectivity index is 1.64. The molecule has 0 spiro atoms. The van der Waals surface area contributed by atoms with Crippen LogP contribution in [0.5, 0.6) is 0 Å². The van der Waals surface area contributed by atoms with Crippen LogP contribution in [0.3, 0.4) is 0 Å². The zero-order valence-corrected chi connectivity index (χ0v) is 15.0. The monoisotopic (exact) mass is 381 g/mol. The smallest absolute Gasteiger partial charge is 0.273 e. The standard InChI is InChI=1S/C20H13Cl2N3O/c21-13-8-9-17(16(22)10-13)23-20(26)19-11-18(24-25-19)15-7-3-5-12-4-1-2-6-14(12)15/h1-11H,(H,23,26)(H,24,25). The highest BCUT2D eigenvalue weighted by atomic mass is 35.5. The summed E-state index contributed by atoms with van der Waals surface area (Å²) in [7, 11) is 0. The quantitative estimate of drug-likeness (QED) is 0.471. The number of carbonyl (C=O) groups is 1. The van der Waals surface area contributed by atoms with Gasteiger partial charge in [-0.05, 0) is 35.0 Å². The van der Waals surface area contributed by atoms with Crippen molar-refractivity contribution < 1.29 is 4.79 Å². The lowest BCUT2D eigenvalue weighted by molar-refractivity contribution is 0.102. The van der Waals surface area contributed by atoms with Crippen LogP contribution in [-0.2, 0) is 0 Å². The van der Waals surface area contributed by atoms with Crippen LogP contribution in [0, 0.1) is 0 Å². The third kappa shape index (κ3) is 3.17. The minimum absolute atomic E-state index is 0.326. The summed E-state index contributed by atoms with van der Waals surface area (Å²) in [6, 6.07) is 20.7. The van der Waals surface area contributed by atoms with E-state index in [0.29, 0.717) is 27.1 Å². The number of benzene rings is 3. The normalized spacial score (nSPS) is 10.8. The Morgan fingerprint density at radius 3 is 2.62 bits per heavy atom. The van der Waals surface area contributed by atoms with E-state index in [0.717, 1.165) is 16.3 Å². The van der Waals surface area contributed by atoms with Gasteiger partial charge < -0.3 is 5.32 Å². The summed E-state index contributed by atoms with van der Waals surface area (Å²) < 4.78 is 0. The number of rotatable bonds is 3. The summed E-state index contributed by atoms with van der Waals surface area (Å²) in [6.07, 6.45) is 0. The summed E-state index contributed by atoms with van der Waals surface area (Å²) in [5.74, 6) is -0.326. The summed E-state index contributed by atoms with van der Waals surface area (Å²) in [5.41, 5.74) is 2.50. The van der Waals surface area contributed by atoms with Gasteiger partial charge in [-0.3, -0.25) is 9.89 Å². The third-order valence-corrected chi connectivity index (χ3v) is 4.62. The van der Waals surface area contributed by atoms with E-state index in [-0.39, 0.29) is 5.91 Å². The first-order valence-corrected chi connectivity index (χ1v) is 8.67. The summed E-state index contributed by atoms with van der Waals surface area (Å²) >= 11 is 12.0. The Kier molecular flexibility index (Phi) is 4.37. The van der Waals surface area contributed by atoms with Crippen molar-refractivity contribution in [1.29, 1.82) is 0 Å². The van der Waals surface area contributed by atoms with Crippen molar-refractivity contribution in [1.82, 2.24) is 10.2 Å². The zero-order valence-electron chi connectivity index (χ0n) is 13.5. The third-order valence-electron chi connectivity index (χ3n) is 4.07. The van der Waals surface area contributed by atoms with E-state index in [1.165, 1.54) is 0 Å². The van der Waals surface area contributed by atoms with Crippen LogP contribution in [0.4, 0.5) is 5.69 Å². The van der Waals surface area contributed by atoms with E-state index in [4.69, 9.17) is 23.2 Å². The van der Waals surface area contributed by atoms with Crippen molar-refractivity contribution in [2.45, 2.75) is 0 Å². The van der Waals surface area contributed by atoms with Crippen molar-refractivity contribution in [3.63, 3.8) is 0 Å². The second-order valence-electron chi connectivity index (χ2n) is 5.77. The van der Waals surface area contributed by atoms with Gasteiger partial charge in [-0.15, -0.1) is 0 Å². The molecule has 0 aliphatic carbocycles. The second-order valence-corrected chi connectivity index (χ2v) is 6.62. The molecular weight excluding hydrogens is 369 g/mol. The van der Waals surface area contributed by atoms with Crippen LogP contribution < -0.4 is 5.32 Å². The molecule has 2 N–H and O–H groups in total. The number of nitrogens with zero attached hydrogens (tertiary/aromatic N) is 1. The largest absolute Gasteiger partial charge is 0.319 e. The minimum atomic E-state index is -0.326. The SMILES string of the molecule is O=C(Nc1ccc(Cl)cc1Cl)c1cc(-c2cccc3ccccc23)n[nH]1. The Labute approximate surface area is 159 Å². The number of fused-ring (bicyclic) bond motifs is 1. The highest BCUT2D eigenvalue weighted by molar-refractivity contribution is 6.36. The maximum atomic E-state index is 12.5. The van der Waals surface area contributed by atoms with Gasteiger partial charge in [0, 0.05) is 10.6 Å². The van der Waals surface area contributed by atoms with Gasteiger partial charge >= 0.3 is 0 Å². The van der Waals surface area contributed by atoms with Crippen LogP contribution in [0.1, 0.15) is 10.5 Å². The molecule has 0 aliphatic heterocycles. The first kappa shape index (κ1) is 16.6. The predicted octanol–water partition coefficient (Wildman–Crippen LogP) is 5.79. The molecule has 1 amide bonds. The summed E-state index contributed by atoms with van der Waals surface area (Å²) in [6.45, 7) is 0. The zero-order chi connectivity index (χ0) is 18.1. The Morgan fingerprint density at radius 1 is 0.962 bits per heavy atom. The molecule has 3 aromatic carbocycles. The first-order chi connectivity index (χ1) is 12.6. The van der Waals surface area contributed by atoms with E-state index in [1.54, 1.807) is 24.3 Å². The van der Waals surface area contributed by atoms with Crippen molar-refractivity contribution in [2.24, 2.45) is 0 Å². The van der Waals surface area contributed by atoms with Crippen molar-refractivity contribution in [3.8, 4) is 11.3 Å². The van der Waals surface area contributed by atoms with Gasteiger partial charge in [0.25, 0.3) is 5.91 Å². The number of anilines is 1. The van der Waals surface area contributed by atoms with Crippen LogP contribution >= 0.6 is 23.2 Å². The van der Waals surface area contributed by atoms with Crippen molar-refractivity contribution in [2.75, 3.05) is 5.32 Å². The van der Waals surface area contributed by atoms with Crippen LogP contribution in [0.2, 0.25) is 10.0 Å². The fourth-order valence-corrected chi connectivity index (χ4v) is 3.26. The highest BCUT2D eigenvalue weighted by Gasteiger charge is 2.14. The molecule has 4 rings (SSSR count). The number of hydrogen-bond acceptors (Lipinski definition) is 2. The Hall–Kier alpha value is -2.82. The molecule has 0 unspecified atom stereocenters. The van der Waals surface area contributed by atoms with E-state index < -0.39 is 0 Å². The second kappa shape index (κ2) is 6.83. The van der Waals surface area contributed by atoms with Gasteiger partial charge in [0.05, 0.1) is 16.4 Å². The van der Waals surface area contributed by atoms with Gasteiger partial charge in [-0.2, -0.15) is 5.10 Å². The average Bonchev–Trinajstić information content (AvgIpc) is 3.13. The van der Waals surface area contributed by atoms with E-state index >= 15 is 0 Å².